The Morgan fingerprint density at radius 3 is 2.83 bits per heavy atom. The van der Waals surface area contributed by atoms with Gasteiger partial charge in [0.1, 0.15) is 0 Å². The van der Waals surface area contributed by atoms with Crippen molar-refractivity contribution in [2.24, 2.45) is 11.8 Å². The fourth-order valence-electron chi connectivity index (χ4n) is 3.32. The monoisotopic (exact) mass is 324 g/mol. The molecular weight excluding hydrogens is 308 g/mol. The minimum atomic E-state index is 0.593. The summed E-state index contributed by atoms with van der Waals surface area (Å²) >= 11 is 8.86. The smallest absolute Gasteiger partial charge is 0.171 e. The number of nitrogens with one attached hydrogen (secondary N) is 2. The number of hydrogen-bond acceptors (Lipinski definition) is 1. The first kappa shape index (κ1) is 12.4. The highest BCUT2D eigenvalue weighted by molar-refractivity contribution is 9.10. The van der Waals surface area contributed by atoms with E-state index in [4.69, 9.17) is 12.2 Å². The predicted octanol–water partition coefficient (Wildman–Crippen LogP) is 3.92. The fourth-order valence-corrected chi connectivity index (χ4v) is 3.99. The van der Waals surface area contributed by atoms with E-state index >= 15 is 0 Å². The van der Waals surface area contributed by atoms with Crippen LogP contribution in [-0.2, 0) is 0 Å². The summed E-state index contributed by atoms with van der Waals surface area (Å²) in [6, 6.07) is 8.68. The van der Waals surface area contributed by atoms with Crippen LogP contribution in [0.2, 0.25) is 0 Å². The molecule has 96 valence electrons. The molecule has 0 spiro atoms. The molecule has 0 saturated heterocycles. The molecule has 2 saturated carbocycles. The second-order valence-electron chi connectivity index (χ2n) is 5.39. The van der Waals surface area contributed by atoms with Gasteiger partial charge in [-0.15, -0.1) is 0 Å². The Balaban J connectivity index is 1.56. The Morgan fingerprint density at radius 1 is 1.28 bits per heavy atom. The van der Waals surface area contributed by atoms with Crippen LogP contribution in [0, 0.1) is 11.8 Å². The number of rotatable bonds is 2. The lowest BCUT2D eigenvalue weighted by molar-refractivity contribution is 0.392. The van der Waals surface area contributed by atoms with Crippen molar-refractivity contribution in [3.8, 4) is 0 Å². The van der Waals surface area contributed by atoms with E-state index in [2.05, 4.69) is 26.6 Å². The quantitative estimate of drug-likeness (QED) is 0.806. The summed E-state index contributed by atoms with van der Waals surface area (Å²) in [5.74, 6) is 1.79. The van der Waals surface area contributed by atoms with Gasteiger partial charge in [0.25, 0.3) is 0 Å². The molecule has 0 amide bonds. The molecule has 2 nitrogen and oxygen atoms in total. The van der Waals surface area contributed by atoms with Crippen molar-refractivity contribution >= 4 is 38.9 Å². The summed E-state index contributed by atoms with van der Waals surface area (Å²) in [5, 5.41) is 7.50. The van der Waals surface area contributed by atoms with Crippen molar-refractivity contribution in [2.75, 3.05) is 5.32 Å². The molecule has 2 aliphatic rings. The Hall–Kier alpha value is -0.610. The van der Waals surface area contributed by atoms with Gasteiger partial charge in [-0.25, -0.2) is 0 Å². The fraction of sp³-hybridized carbons (Fsp3) is 0.500. The summed E-state index contributed by atoms with van der Waals surface area (Å²) in [5.41, 5.74) is 1.03. The number of benzene rings is 1. The van der Waals surface area contributed by atoms with Crippen LogP contribution in [-0.4, -0.2) is 11.2 Å². The number of hydrogen-bond donors (Lipinski definition) is 2. The Bertz CT molecular complexity index is 463. The SMILES string of the molecule is S=C(Nc1cccc(Br)c1)N[C@H]1C[C@@H]2CC[C@@H]1C2. The molecule has 18 heavy (non-hydrogen) atoms. The molecule has 0 unspecified atom stereocenters. The Kier molecular flexibility index (Phi) is 3.57. The first-order valence-electron chi connectivity index (χ1n) is 6.54. The van der Waals surface area contributed by atoms with Crippen LogP contribution in [0.15, 0.2) is 28.7 Å². The normalized spacial score (nSPS) is 29.3. The standard InChI is InChI=1S/C14H17BrN2S/c15-11-2-1-3-12(8-11)16-14(18)17-13-7-9-4-5-10(13)6-9/h1-3,8-10,13H,4-7H2,(H2,16,17,18)/t9-,10-,13+/m1/s1. The molecule has 1 aromatic rings. The molecule has 2 aliphatic carbocycles. The van der Waals surface area contributed by atoms with Crippen molar-refractivity contribution in [1.29, 1.82) is 0 Å². The highest BCUT2D eigenvalue weighted by Gasteiger charge is 2.39. The maximum Gasteiger partial charge on any atom is 0.171 e. The minimum absolute atomic E-state index is 0.593. The lowest BCUT2D eigenvalue weighted by Crippen LogP contribution is -2.40. The van der Waals surface area contributed by atoms with Crippen molar-refractivity contribution < 1.29 is 0 Å². The number of anilines is 1. The third kappa shape index (κ3) is 2.69. The van der Waals surface area contributed by atoms with Gasteiger partial charge in [0.15, 0.2) is 5.11 Å². The highest BCUT2D eigenvalue weighted by Crippen LogP contribution is 2.44. The summed E-state index contributed by atoms with van der Waals surface area (Å²) in [4.78, 5) is 0. The maximum atomic E-state index is 5.39. The van der Waals surface area contributed by atoms with E-state index < -0.39 is 0 Å². The van der Waals surface area contributed by atoms with Crippen LogP contribution in [0.25, 0.3) is 0 Å². The first-order valence-corrected chi connectivity index (χ1v) is 7.74. The van der Waals surface area contributed by atoms with E-state index in [0.29, 0.717) is 6.04 Å². The topological polar surface area (TPSA) is 24.1 Å². The van der Waals surface area contributed by atoms with Gasteiger partial charge in [-0.3, -0.25) is 0 Å². The minimum Gasteiger partial charge on any atom is -0.359 e. The van der Waals surface area contributed by atoms with Gasteiger partial charge >= 0.3 is 0 Å². The van der Waals surface area contributed by atoms with Crippen LogP contribution >= 0.6 is 28.1 Å². The summed E-state index contributed by atoms with van der Waals surface area (Å²) in [7, 11) is 0. The van der Waals surface area contributed by atoms with Crippen LogP contribution in [0.4, 0.5) is 5.69 Å². The van der Waals surface area contributed by atoms with Crippen molar-refractivity contribution in [2.45, 2.75) is 31.7 Å². The van der Waals surface area contributed by atoms with E-state index in [-0.39, 0.29) is 0 Å². The Labute approximate surface area is 122 Å². The van der Waals surface area contributed by atoms with Crippen molar-refractivity contribution in [3.63, 3.8) is 0 Å². The number of thiocarbonyl (C=S) groups is 1. The van der Waals surface area contributed by atoms with Crippen LogP contribution in [0.3, 0.4) is 0 Å². The lowest BCUT2D eigenvalue weighted by Gasteiger charge is -2.24. The van der Waals surface area contributed by atoms with Gasteiger partial charge < -0.3 is 10.6 Å². The first-order chi connectivity index (χ1) is 8.70. The van der Waals surface area contributed by atoms with E-state index in [9.17, 15) is 0 Å². The van der Waals surface area contributed by atoms with E-state index in [1.165, 1.54) is 25.7 Å². The second kappa shape index (κ2) is 5.17. The lowest BCUT2D eigenvalue weighted by atomic mass is 9.96. The molecule has 0 heterocycles. The number of halogens is 1. The molecule has 3 atom stereocenters. The molecule has 0 aromatic heterocycles. The maximum absolute atomic E-state index is 5.39. The highest BCUT2D eigenvalue weighted by atomic mass is 79.9. The number of fused-ring (bicyclic) bond motifs is 2. The van der Waals surface area contributed by atoms with Gasteiger partial charge in [0.2, 0.25) is 0 Å². The third-order valence-corrected chi connectivity index (χ3v) is 4.85. The van der Waals surface area contributed by atoms with Gasteiger partial charge in [0, 0.05) is 16.2 Å². The molecule has 4 heteroatoms. The zero-order valence-corrected chi connectivity index (χ0v) is 12.6. The molecule has 0 radical (unpaired) electrons. The van der Waals surface area contributed by atoms with Gasteiger partial charge in [-0.1, -0.05) is 28.4 Å². The van der Waals surface area contributed by atoms with Crippen LogP contribution in [0.1, 0.15) is 25.7 Å². The molecule has 1 aromatic carbocycles. The molecule has 2 N–H and O–H groups in total. The summed E-state index contributed by atoms with van der Waals surface area (Å²) in [6.07, 6.45) is 5.50. The molecule has 2 fully saturated rings. The van der Waals surface area contributed by atoms with E-state index in [1.54, 1.807) is 0 Å². The largest absolute Gasteiger partial charge is 0.359 e. The molecular formula is C14H17BrN2S. The zero-order valence-electron chi connectivity index (χ0n) is 10.2. The molecule has 0 aliphatic heterocycles. The van der Waals surface area contributed by atoms with E-state index in [0.717, 1.165) is 27.1 Å². The van der Waals surface area contributed by atoms with Crippen LogP contribution in [0.5, 0.6) is 0 Å². The zero-order chi connectivity index (χ0) is 12.5. The Morgan fingerprint density at radius 2 is 2.17 bits per heavy atom. The van der Waals surface area contributed by atoms with E-state index in [1.807, 2.05) is 24.3 Å². The van der Waals surface area contributed by atoms with Crippen LogP contribution < -0.4 is 10.6 Å². The second-order valence-corrected chi connectivity index (χ2v) is 6.71. The average molecular weight is 325 g/mol. The van der Waals surface area contributed by atoms with Gasteiger partial charge in [0.05, 0.1) is 0 Å². The van der Waals surface area contributed by atoms with Crippen molar-refractivity contribution in [1.82, 2.24) is 5.32 Å². The summed E-state index contributed by atoms with van der Waals surface area (Å²) < 4.78 is 1.07. The van der Waals surface area contributed by atoms with Gasteiger partial charge in [-0.2, -0.15) is 0 Å². The summed E-state index contributed by atoms with van der Waals surface area (Å²) in [6.45, 7) is 0. The molecule has 3 rings (SSSR count). The van der Waals surface area contributed by atoms with Gasteiger partial charge in [-0.05, 0) is 61.5 Å². The average Bonchev–Trinajstić information content (AvgIpc) is 2.90. The third-order valence-electron chi connectivity index (χ3n) is 4.14. The predicted molar refractivity (Wildman–Crippen MR) is 82.7 cm³/mol. The molecule has 2 bridgehead atoms. The van der Waals surface area contributed by atoms with Crippen molar-refractivity contribution in [3.05, 3.63) is 28.7 Å².